The Balaban J connectivity index is 0.000000168. The van der Waals surface area contributed by atoms with Crippen LogP contribution in [0.5, 0.6) is 17.2 Å². The Bertz CT molecular complexity index is 5610. The molecule has 12 aromatic carbocycles. The van der Waals surface area contributed by atoms with Crippen molar-refractivity contribution >= 4 is 47.9 Å². The number of benzene rings is 12. The molecule has 0 aromatic heterocycles. The quantitative estimate of drug-likeness (QED) is 0.0233. The SMILES string of the molecule is CCOC(=O)c1cc(C2(CCN(C)c3ccc(C=O)cc3)c3cc(C)ccc3-c3ccc(C)cc32)ccc1OCCOC.COCCOc1ccc(C2(CCN(C)c3ccc(C=O)cc3)c3cc(C)ccc3-c3ccc(C)cc32)cc1.COCCOc1ccc(C2(CCN(C)c3ccc(C=O)cc3)c3cc(C)ccc3-c3ccc(C)cc32)cc1C(=O)O.[Cs+]. The summed E-state index contributed by atoms with van der Waals surface area (Å²) in [5.74, 6) is 0.210. The van der Waals surface area contributed by atoms with Gasteiger partial charge in [0.2, 0.25) is 0 Å². The van der Waals surface area contributed by atoms with Gasteiger partial charge >= 0.3 is 80.8 Å². The number of hydrogen-bond acceptors (Lipinski definition) is 15. The molecule has 0 radical (unpaired) electrons. The second kappa shape index (κ2) is 41.2. The van der Waals surface area contributed by atoms with Gasteiger partial charge in [-0.1, -0.05) is 167 Å². The summed E-state index contributed by atoms with van der Waals surface area (Å²) < 4.78 is 38.6. The van der Waals surface area contributed by atoms with E-state index < -0.39 is 22.8 Å². The van der Waals surface area contributed by atoms with Crippen LogP contribution in [0.1, 0.15) is 161 Å². The molecule has 123 heavy (non-hydrogen) atoms. The van der Waals surface area contributed by atoms with Crippen molar-refractivity contribution in [2.24, 2.45) is 0 Å². The number of nitrogens with zero attached hydrogens (tertiary/aromatic N) is 3. The largest absolute Gasteiger partial charge is 1.00 e. The molecule has 0 amide bonds. The second-order valence-electron chi connectivity index (χ2n) is 32.1. The van der Waals surface area contributed by atoms with Gasteiger partial charge in [0.15, 0.2) is 0 Å². The average molecular weight is 1770 g/mol. The Morgan fingerprint density at radius 1 is 0.341 bits per heavy atom. The summed E-state index contributed by atoms with van der Waals surface area (Å²) in [5.41, 5.74) is 29.4. The fraction of sp³-hybridized carbons (Fsp3) is 0.274. The summed E-state index contributed by atoms with van der Waals surface area (Å²) in [4.78, 5) is 66.0. The minimum Gasteiger partial charge on any atom is -0.491 e. The summed E-state index contributed by atoms with van der Waals surface area (Å²) in [6.45, 7) is 19.6. The van der Waals surface area contributed by atoms with Gasteiger partial charge in [-0.05, 0) is 260 Å². The van der Waals surface area contributed by atoms with Crippen molar-refractivity contribution in [1.82, 2.24) is 0 Å². The number of carbonyl (C=O) groups is 5. The van der Waals surface area contributed by atoms with E-state index in [1.54, 1.807) is 40.4 Å². The number of hydrogen-bond donors (Lipinski definition) is 1. The van der Waals surface area contributed by atoms with Gasteiger partial charge in [-0.2, -0.15) is 0 Å². The third-order valence-electron chi connectivity index (χ3n) is 24.2. The van der Waals surface area contributed by atoms with Gasteiger partial charge in [0.05, 0.1) is 26.4 Å². The predicted octanol–water partition coefficient (Wildman–Crippen LogP) is 17.8. The Morgan fingerprint density at radius 2 is 0.618 bits per heavy atom. The molecule has 15 rings (SSSR count). The standard InChI is InChI=1S/C37H39NO5.C35H35NO5.C34H35NO3.Cs/c1-6-42-36(40)32-23-28(11-16-35(32)43-20-19-41-5)37(17-18-38(4)29-12-9-27(24-39)10-13-29)33-21-25(2)7-14-30(33)31-15-8-26(3)22-34(31)37;1-23-5-12-28-29-13-6-24(2)20-32(29)35(31(28)19-23,15-16-36(3)27-10-7-25(22-37)8-11-27)26-9-14-33(41-18-17-40-4)30(21-26)34(38)39;1-24-5-15-30-31-16-6-25(2)22-33(31)34(32(30)21-24,27-9-13-29(14-10-27)38-20-19-37-4)17-18-35(3)28-11-7-26(23-36)8-12-28;/h7-16,21-24H,6,17-20H2,1-5H3;5-14,19-22H,15-18H2,1-4H3,(H,38,39);5-16,21-23H,17-20H2,1-4H3;/q;;;+1. The smallest absolute Gasteiger partial charge is 0.491 e. The van der Waals surface area contributed by atoms with Crippen molar-refractivity contribution in [1.29, 1.82) is 0 Å². The maximum atomic E-state index is 13.3. The molecule has 16 nitrogen and oxygen atoms in total. The van der Waals surface area contributed by atoms with Gasteiger partial charge in [-0.25, -0.2) is 9.59 Å². The van der Waals surface area contributed by atoms with Gasteiger partial charge in [0.1, 0.15) is 67.1 Å². The number of carboxylic acid groups (broad SMARTS) is 1. The fourth-order valence-electron chi connectivity index (χ4n) is 17.8. The topological polar surface area (TPSA) is 180 Å². The van der Waals surface area contributed by atoms with E-state index in [0.29, 0.717) is 79.8 Å². The van der Waals surface area contributed by atoms with Gasteiger partial charge in [0, 0.05) is 112 Å². The summed E-state index contributed by atoms with van der Waals surface area (Å²) in [5, 5.41) is 10.2. The third kappa shape index (κ3) is 19.5. The van der Waals surface area contributed by atoms with Crippen molar-refractivity contribution in [3.05, 3.63) is 354 Å². The summed E-state index contributed by atoms with van der Waals surface area (Å²) >= 11 is 0. The van der Waals surface area contributed by atoms with Gasteiger partial charge in [-0.3, -0.25) is 14.4 Å². The first-order valence-corrected chi connectivity index (χ1v) is 41.7. The summed E-state index contributed by atoms with van der Waals surface area (Å²) in [7, 11) is 11.1. The minimum atomic E-state index is -1.03. The third-order valence-corrected chi connectivity index (χ3v) is 24.2. The summed E-state index contributed by atoms with van der Waals surface area (Å²) in [6.07, 6.45) is 4.94. The van der Waals surface area contributed by atoms with E-state index in [-0.39, 0.29) is 93.1 Å². The first-order chi connectivity index (χ1) is 59.0. The van der Waals surface area contributed by atoms with E-state index >= 15 is 0 Å². The van der Waals surface area contributed by atoms with Gasteiger partial charge in [0.25, 0.3) is 0 Å². The van der Waals surface area contributed by atoms with Gasteiger partial charge < -0.3 is 53.0 Å². The van der Waals surface area contributed by atoms with E-state index in [2.05, 4.69) is 210 Å². The molecular formula is C106H109CsN3O13+. The minimum absolute atomic E-state index is 0. The first kappa shape index (κ1) is 91.5. The molecule has 0 heterocycles. The number of anilines is 3. The number of methoxy groups -OCH3 is 3. The first-order valence-electron chi connectivity index (χ1n) is 41.7. The number of aryl methyl sites for hydroxylation is 6. The molecule has 0 spiro atoms. The number of ether oxygens (including phenoxy) is 7. The van der Waals surface area contributed by atoms with Crippen LogP contribution in [0, 0.1) is 41.5 Å². The Labute approximate surface area is 782 Å². The van der Waals surface area contributed by atoms with Crippen LogP contribution in [-0.2, 0) is 35.2 Å². The van der Waals surface area contributed by atoms with Crippen LogP contribution in [0.4, 0.5) is 17.1 Å². The molecule has 3 aliphatic carbocycles. The van der Waals surface area contributed by atoms with Crippen LogP contribution in [0.25, 0.3) is 33.4 Å². The number of aldehydes is 3. The molecule has 0 unspecified atom stereocenters. The number of rotatable bonds is 33. The van der Waals surface area contributed by atoms with E-state index in [1.165, 1.54) is 94.6 Å². The maximum Gasteiger partial charge on any atom is 1.00 e. The average Bonchev–Trinajstić information content (AvgIpc) is 1.57. The van der Waals surface area contributed by atoms with Crippen LogP contribution < -0.4 is 97.8 Å². The van der Waals surface area contributed by atoms with Crippen LogP contribution in [0.2, 0.25) is 0 Å². The number of esters is 1. The molecular weight excluding hydrogens is 1660 g/mol. The van der Waals surface area contributed by atoms with Crippen LogP contribution in [0.15, 0.2) is 243 Å². The molecule has 1 N–H and O–H groups in total. The number of carbonyl (C=O) groups excluding carboxylic acids is 4. The zero-order valence-corrected chi connectivity index (χ0v) is 79.5. The monoisotopic (exact) mass is 1760 g/mol. The van der Waals surface area contributed by atoms with E-state index in [1.807, 2.05) is 98.0 Å². The van der Waals surface area contributed by atoms with Crippen LogP contribution in [-0.4, -0.2) is 144 Å². The molecule has 3 aliphatic rings. The Morgan fingerprint density at radius 3 is 0.902 bits per heavy atom. The maximum absolute atomic E-state index is 13.3. The molecule has 626 valence electrons. The second-order valence-corrected chi connectivity index (χ2v) is 32.1. The van der Waals surface area contributed by atoms with E-state index in [4.69, 9.17) is 33.2 Å². The molecule has 0 aliphatic heterocycles. The van der Waals surface area contributed by atoms with Crippen LogP contribution in [0.3, 0.4) is 0 Å². The molecule has 12 aromatic rings. The van der Waals surface area contributed by atoms with Crippen molar-refractivity contribution in [2.75, 3.05) is 123 Å². The zero-order chi connectivity index (χ0) is 86.4. The summed E-state index contributed by atoms with van der Waals surface area (Å²) in [6, 6.07) is 83.3. The van der Waals surface area contributed by atoms with Crippen molar-refractivity contribution in [2.45, 2.75) is 84.0 Å². The van der Waals surface area contributed by atoms with Gasteiger partial charge in [-0.15, -0.1) is 0 Å². The Hall–Kier alpha value is -10.7. The zero-order valence-electron chi connectivity index (χ0n) is 73.2. The Kier molecular flexibility index (Phi) is 30.7. The fourth-order valence-corrected chi connectivity index (χ4v) is 17.8. The normalized spacial score (nSPS) is 12.8. The molecule has 0 atom stereocenters. The van der Waals surface area contributed by atoms with E-state index in [9.17, 15) is 29.1 Å². The molecule has 17 heteroatoms. The predicted molar refractivity (Wildman–Crippen MR) is 487 cm³/mol. The number of carboxylic acids is 1. The molecule has 0 saturated carbocycles. The van der Waals surface area contributed by atoms with Crippen LogP contribution >= 0.6 is 0 Å². The molecule has 0 fully saturated rings. The molecule has 0 bridgehead atoms. The van der Waals surface area contributed by atoms with Crippen molar-refractivity contribution < 1.29 is 131 Å². The number of fused-ring (bicyclic) bond motifs is 9. The van der Waals surface area contributed by atoms with Crippen molar-refractivity contribution in [3.8, 4) is 50.6 Å². The van der Waals surface area contributed by atoms with Crippen molar-refractivity contribution in [3.63, 3.8) is 0 Å². The molecule has 0 saturated heterocycles. The van der Waals surface area contributed by atoms with E-state index in [0.717, 1.165) is 89.9 Å². The number of aromatic carboxylic acids is 1.